The lowest BCUT2D eigenvalue weighted by molar-refractivity contribution is -0.150. The molecule has 0 aliphatic heterocycles. The largest absolute Gasteiger partial charge is 0.463 e. The first kappa shape index (κ1) is 49.6. The van der Waals surface area contributed by atoms with Gasteiger partial charge in [-0.05, 0) is 70.8 Å². The highest BCUT2D eigenvalue weighted by Crippen LogP contribution is 2.16. The van der Waals surface area contributed by atoms with E-state index in [-0.39, 0.29) is 56.8 Å². The van der Waals surface area contributed by atoms with Crippen molar-refractivity contribution in [3.8, 4) is 0 Å². The fourth-order valence-corrected chi connectivity index (χ4v) is 5.90. The molecular formula is C38H69NO12S. The van der Waals surface area contributed by atoms with Crippen LogP contribution in [-0.2, 0) is 34.0 Å². The maximum atomic E-state index is 12.3. The molecule has 0 aliphatic carbocycles. The number of hydrogen-bond acceptors (Lipinski definition) is 11. The fourth-order valence-electron chi connectivity index (χ4n) is 5.54. The van der Waals surface area contributed by atoms with Crippen LogP contribution in [0.4, 0.5) is 0 Å². The summed E-state index contributed by atoms with van der Waals surface area (Å²) in [5.74, 6) is -1.86. The molecular weight excluding hydrogens is 694 g/mol. The lowest BCUT2D eigenvalue weighted by Gasteiger charge is -2.23. The highest BCUT2D eigenvalue weighted by Gasteiger charge is 2.24. The third-order valence-electron chi connectivity index (χ3n) is 8.49. The molecule has 0 aromatic rings. The maximum absolute atomic E-state index is 12.3. The molecule has 1 amide bonds. The van der Waals surface area contributed by atoms with Gasteiger partial charge < -0.3 is 35.2 Å². The normalized spacial score (nSPS) is 15.6. The number of aliphatic hydroxyl groups is 4. The molecule has 0 aromatic carbocycles. The van der Waals surface area contributed by atoms with Gasteiger partial charge >= 0.3 is 11.9 Å². The van der Waals surface area contributed by atoms with Gasteiger partial charge in [0, 0.05) is 39.2 Å². The van der Waals surface area contributed by atoms with Crippen molar-refractivity contribution in [2.45, 2.75) is 186 Å². The summed E-state index contributed by atoms with van der Waals surface area (Å²) in [5.41, 5.74) is 0. The molecule has 304 valence electrons. The lowest BCUT2D eigenvalue weighted by Crippen LogP contribution is -2.34. The highest BCUT2D eigenvalue weighted by molar-refractivity contribution is 7.85. The SMILES string of the molecule is CCCCC/C=C/[C@H](O)CCCCC/C=C/[C@H](CCCCCCCC(=O)O[C@H](C)C[C@H](O)[C@H](O)C[C@H](O)CCC(=O)NCCS(=O)(=O)O)OC(C)=O. The second-order valence-corrected chi connectivity index (χ2v) is 15.3. The Morgan fingerprint density at radius 1 is 0.731 bits per heavy atom. The van der Waals surface area contributed by atoms with Crippen molar-refractivity contribution in [2.75, 3.05) is 12.3 Å². The van der Waals surface area contributed by atoms with Crippen LogP contribution in [0.15, 0.2) is 24.3 Å². The zero-order chi connectivity index (χ0) is 39.2. The lowest BCUT2D eigenvalue weighted by atomic mass is 9.99. The molecule has 6 atom stereocenters. The summed E-state index contributed by atoms with van der Waals surface area (Å²) in [6.07, 6.45) is 17.1. The molecule has 0 radical (unpaired) electrons. The molecule has 0 saturated heterocycles. The first-order valence-electron chi connectivity index (χ1n) is 19.3. The number of allylic oxidation sites excluding steroid dienone is 2. The number of unbranched alkanes of at least 4 members (excludes halogenated alkanes) is 10. The molecule has 0 aromatic heterocycles. The van der Waals surface area contributed by atoms with Crippen LogP contribution in [0.3, 0.4) is 0 Å². The summed E-state index contributed by atoms with van der Waals surface area (Å²) in [6.45, 7) is 4.93. The number of aliphatic hydroxyl groups excluding tert-OH is 4. The van der Waals surface area contributed by atoms with Crippen LogP contribution in [0.2, 0.25) is 0 Å². The van der Waals surface area contributed by atoms with E-state index < -0.39 is 52.2 Å². The summed E-state index contributed by atoms with van der Waals surface area (Å²) in [5, 5.41) is 43.0. The Labute approximate surface area is 312 Å². The summed E-state index contributed by atoms with van der Waals surface area (Å²) in [6, 6.07) is 0. The maximum Gasteiger partial charge on any atom is 0.306 e. The van der Waals surface area contributed by atoms with E-state index in [0.717, 1.165) is 70.6 Å². The zero-order valence-electron chi connectivity index (χ0n) is 31.8. The predicted octanol–water partition coefficient (Wildman–Crippen LogP) is 5.23. The minimum Gasteiger partial charge on any atom is -0.463 e. The number of amides is 1. The Balaban J connectivity index is 4.11. The van der Waals surface area contributed by atoms with Crippen LogP contribution in [0.1, 0.15) is 149 Å². The second-order valence-electron chi connectivity index (χ2n) is 13.7. The van der Waals surface area contributed by atoms with Gasteiger partial charge in [-0.3, -0.25) is 18.9 Å². The van der Waals surface area contributed by atoms with Crippen molar-refractivity contribution in [2.24, 2.45) is 0 Å². The molecule has 13 nitrogen and oxygen atoms in total. The Kier molecular flexibility index (Phi) is 29.6. The third kappa shape index (κ3) is 32.3. The van der Waals surface area contributed by atoms with Crippen molar-refractivity contribution in [3.63, 3.8) is 0 Å². The fraction of sp³-hybridized carbons (Fsp3) is 0.816. The smallest absolute Gasteiger partial charge is 0.306 e. The average Bonchev–Trinajstić information content (AvgIpc) is 3.05. The van der Waals surface area contributed by atoms with Gasteiger partial charge in [0.1, 0.15) is 12.2 Å². The number of carbonyl (C=O) groups is 3. The van der Waals surface area contributed by atoms with Gasteiger partial charge in [-0.1, -0.05) is 70.1 Å². The molecule has 0 spiro atoms. The number of nitrogens with one attached hydrogen (secondary N) is 1. The number of esters is 2. The molecule has 0 aliphatic rings. The van der Waals surface area contributed by atoms with Crippen molar-refractivity contribution < 1.29 is 57.3 Å². The molecule has 0 fully saturated rings. The van der Waals surface area contributed by atoms with Crippen LogP contribution in [0, 0.1) is 0 Å². The van der Waals surface area contributed by atoms with E-state index in [4.69, 9.17) is 14.0 Å². The Bertz CT molecular complexity index is 1110. The number of carbonyl (C=O) groups excluding carboxylic acids is 3. The van der Waals surface area contributed by atoms with E-state index in [1.54, 1.807) is 6.92 Å². The van der Waals surface area contributed by atoms with E-state index in [1.165, 1.54) is 26.2 Å². The molecule has 0 heterocycles. The first-order valence-corrected chi connectivity index (χ1v) is 20.9. The monoisotopic (exact) mass is 763 g/mol. The van der Waals surface area contributed by atoms with E-state index in [2.05, 4.69) is 24.4 Å². The second kappa shape index (κ2) is 31.0. The van der Waals surface area contributed by atoms with Gasteiger partial charge in [0.2, 0.25) is 5.91 Å². The molecule has 0 rings (SSSR count). The summed E-state index contributed by atoms with van der Waals surface area (Å²) < 4.78 is 40.8. The molecule has 14 heteroatoms. The summed E-state index contributed by atoms with van der Waals surface area (Å²) >= 11 is 0. The zero-order valence-corrected chi connectivity index (χ0v) is 32.6. The van der Waals surface area contributed by atoms with Gasteiger partial charge in [0.15, 0.2) is 0 Å². The first-order chi connectivity index (χ1) is 24.6. The Hall–Kier alpha value is -2.36. The van der Waals surface area contributed by atoms with Gasteiger partial charge in [0.25, 0.3) is 10.1 Å². The molecule has 0 saturated carbocycles. The van der Waals surface area contributed by atoms with E-state index in [0.29, 0.717) is 6.42 Å². The van der Waals surface area contributed by atoms with Gasteiger partial charge in [-0.15, -0.1) is 0 Å². The van der Waals surface area contributed by atoms with Gasteiger partial charge in [-0.2, -0.15) is 8.42 Å². The van der Waals surface area contributed by atoms with Crippen molar-refractivity contribution in [1.82, 2.24) is 5.32 Å². The molecule has 0 bridgehead atoms. The standard InChI is InChI=1S/C38H69NO12S/c1-4-5-6-9-14-19-32(41)20-15-10-7-11-16-21-34(51-31(3)40)22-17-12-8-13-18-23-38(46)50-30(2)28-35(43)36(44)29-33(42)24-25-37(45)39-26-27-52(47,48)49/h14,16,19,21,30,32-36,41-44H,4-13,15,17-18,20,22-29H2,1-3H3,(H,39,45)(H,47,48,49)/b19-14+,21-16+/t30-,32+,33-,34-,35+,36-/m1/s1. The minimum absolute atomic E-state index is 0.0263. The van der Waals surface area contributed by atoms with E-state index in [9.17, 15) is 43.2 Å². The summed E-state index contributed by atoms with van der Waals surface area (Å²) in [7, 11) is -4.19. The Morgan fingerprint density at radius 3 is 2.00 bits per heavy atom. The van der Waals surface area contributed by atoms with Crippen molar-refractivity contribution in [1.29, 1.82) is 0 Å². The quantitative estimate of drug-likeness (QED) is 0.0219. The van der Waals surface area contributed by atoms with Crippen LogP contribution in [0.25, 0.3) is 0 Å². The van der Waals surface area contributed by atoms with Crippen LogP contribution in [0.5, 0.6) is 0 Å². The van der Waals surface area contributed by atoms with Crippen molar-refractivity contribution in [3.05, 3.63) is 24.3 Å². The van der Waals surface area contributed by atoms with Crippen LogP contribution in [-0.4, -0.2) is 100 Å². The average molecular weight is 764 g/mol. The number of rotatable bonds is 33. The molecule has 0 unspecified atom stereocenters. The van der Waals surface area contributed by atoms with Gasteiger partial charge in [-0.25, -0.2) is 0 Å². The number of ether oxygens (including phenoxy) is 2. The van der Waals surface area contributed by atoms with Crippen LogP contribution >= 0.6 is 0 Å². The minimum atomic E-state index is -4.19. The summed E-state index contributed by atoms with van der Waals surface area (Å²) in [4.78, 5) is 35.5. The third-order valence-corrected chi connectivity index (χ3v) is 9.21. The number of hydrogen-bond donors (Lipinski definition) is 6. The van der Waals surface area contributed by atoms with E-state index in [1.807, 2.05) is 12.2 Å². The van der Waals surface area contributed by atoms with E-state index >= 15 is 0 Å². The molecule has 6 N–H and O–H groups in total. The predicted molar refractivity (Wildman–Crippen MR) is 201 cm³/mol. The highest BCUT2D eigenvalue weighted by atomic mass is 32.2. The Morgan fingerprint density at radius 2 is 1.33 bits per heavy atom. The van der Waals surface area contributed by atoms with Crippen LogP contribution < -0.4 is 5.32 Å². The molecule has 52 heavy (non-hydrogen) atoms. The van der Waals surface area contributed by atoms with Crippen molar-refractivity contribution >= 4 is 28.0 Å². The van der Waals surface area contributed by atoms with Gasteiger partial charge in [0.05, 0.1) is 30.2 Å². The topological polar surface area (TPSA) is 217 Å².